The molecule has 46 valence electrons. The van der Waals surface area contributed by atoms with E-state index in [2.05, 4.69) is 0 Å². The minimum atomic E-state index is -0.0278. The summed E-state index contributed by atoms with van der Waals surface area (Å²) in [5.41, 5.74) is 0. The van der Waals surface area contributed by atoms with Gasteiger partial charge in [-0.05, 0) is 20.8 Å². The van der Waals surface area contributed by atoms with Crippen molar-refractivity contribution in [1.82, 2.24) is 0 Å². The Bertz CT molecular complexity index is 25.2. The lowest BCUT2D eigenvalue weighted by atomic mass is 10.3. The Hall–Kier alpha value is 0.797. The maximum Gasteiger partial charge on any atom is 0.109 e. The van der Waals surface area contributed by atoms with Crippen LogP contribution in [-0.2, 0) is 0 Å². The molecule has 0 unspecified atom stereocenters. The molecule has 0 atom stereocenters. The summed E-state index contributed by atoms with van der Waals surface area (Å²) in [4.78, 5) is -0.0278. The molecule has 0 bridgehead atoms. The van der Waals surface area contributed by atoms with Gasteiger partial charge >= 0.3 is 0 Å². The molecule has 0 aliphatic heterocycles. The van der Waals surface area contributed by atoms with Gasteiger partial charge in [-0.25, -0.2) is 0 Å². The van der Waals surface area contributed by atoms with E-state index in [1.54, 1.807) is 0 Å². The first kappa shape index (κ1) is 10.7. The Labute approximate surface area is 58.3 Å². The molecule has 0 aromatic heterocycles. The second kappa shape index (κ2) is 4.94. The van der Waals surface area contributed by atoms with Gasteiger partial charge in [-0.15, -0.1) is 11.6 Å². The zero-order valence-corrected chi connectivity index (χ0v) is 8.77. The normalized spacial score (nSPS) is 9.86. The first-order valence-corrected chi connectivity index (χ1v) is 5.47. The monoisotopic (exact) mass is 158 g/mol. The van der Waals surface area contributed by atoms with E-state index in [0.29, 0.717) is 0 Å². The summed E-state index contributed by atoms with van der Waals surface area (Å²) >= 11 is 10.3. The third kappa shape index (κ3) is 246. The van der Waals surface area contributed by atoms with Crippen molar-refractivity contribution in [3.63, 3.8) is 0 Å². The van der Waals surface area contributed by atoms with Gasteiger partial charge in [-0.3, -0.25) is 0 Å². The maximum absolute atomic E-state index is 5.53. The molecule has 0 N–H and O–H groups in total. The fourth-order valence-electron chi connectivity index (χ4n) is 0. The van der Waals surface area contributed by atoms with E-state index in [-0.39, 0.29) is 4.87 Å². The molecule has 0 fully saturated rings. The maximum atomic E-state index is 5.53. The Morgan fingerprint density at radius 3 is 1.14 bits per heavy atom. The van der Waals surface area contributed by atoms with Crippen LogP contribution in [0.4, 0.5) is 0 Å². The molecule has 0 aromatic rings. The molecule has 0 aromatic carbocycles. The highest BCUT2D eigenvalue weighted by Gasteiger charge is 1.99. The van der Waals surface area contributed by atoms with Crippen LogP contribution >= 0.6 is 22.7 Å². The highest BCUT2D eigenvalue weighted by atomic mass is 35.6. The predicted octanol–water partition coefficient (Wildman–Crippen LogP) is 1.53. The van der Waals surface area contributed by atoms with Gasteiger partial charge in [0.1, 0.15) is 9.55 Å². The van der Waals surface area contributed by atoms with E-state index in [9.17, 15) is 0 Å². The molecule has 0 radical (unpaired) electrons. The fraction of sp³-hybridized carbons (Fsp3) is 1.00. The van der Waals surface area contributed by atoms with Crippen molar-refractivity contribution in [3.05, 3.63) is 0 Å². The van der Waals surface area contributed by atoms with E-state index < -0.39 is 0 Å². The summed E-state index contributed by atoms with van der Waals surface area (Å²) in [5.74, 6) is 0. The van der Waals surface area contributed by atoms with E-state index >= 15 is 0 Å². The zero-order valence-electron chi connectivity index (χ0n) is 5.26. The molecule has 0 aliphatic rings. The van der Waals surface area contributed by atoms with Crippen LogP contribution in [-0.4, -0.2) is 14.4 Å². The minimum absolute atomic E-state index is 0.0278. The average Bonchev–Trinajstić information content (AvgIpc) is 1.36. The lowest BCUT2D eigenvalue weighted by Gasteiger charge is -2.01. The van der Waals surface area contributed by atoms with Crippen LogP contribution in [0.5, 0.6) is 0 Å². The second-order valence-corrected chi connectivity index (χ2v) is 3.20. The molecule has 0 saturated carbocycles. The number of hydrogen-bond donors (Lipinski definition) is 0. The summed E-state index contributed by atoms with van der Waals surface area (Å²) < 4.78 is 0. The van der Waals surface area contributed by atoms with Crippen molar-refractivity contribution in [2.24, 2.45) is 0 Å². The van der Waals surface area contributed by atoms with Crippen LogP contribution < -0.4 is 0 Å². The molecule has 3 heteroatoms. The number of rotatable bonds is 0. The van der Waals surface area contributed by atoms with Crippen LogP contribution in [0.1, 0.15) is 20.8 Å². The lowest BCUT2D eigenvalue weighted by molar-refractivity contribution is 0.788. The summed E-state index contributed by atoms with van der Waals surface area (Å²) in [6.45, 7) is 5.86. The number of halogens is 2. The highest BCUT2D eigenvalue weighted by Crippen LogP contribution is 2.07. The third-order valence-electron chi connectivity index (χ3n) is 0. The van der Waals surface area contributed by atoms with Gasteiger partial charge < -0.3 is 0 Å². The van der Waals surface area contributed by atoms with Crippen molar-refractivity contribution >= 4 is 32.2 Å². The van der Waals surface area contributed by atoms with Gasteiger partial charge in [0.05, 0.1) is 0 Å². The smallest absolute Gasteiger partial charge is 0.109 e. The molecule has 0 amide bonds. The van der Waals surface area contributed by atoms with E-state index in [1.807, 2.05) is 20.8 Å². The average molecular weight is 159 g/mol. The van der Waals surface area contributed by atoms with Gasteiger partial charge in [0.25, 0.3) is 0 Å². The Morgan fingerprint density at radius 2 is 1.14 bits per heavy atom. The van der Waals surface area contributed by atoms with Crippen molar-refractivity contribution in [3.8, 4) is 0 Å². The third-order valence-corrected chi connectivity index (χ3v) is 0. The SMILES string of the molecule is CC(C)(C)Cl.[SiH3]Cl. The van der Waals surface area contributed by atoms with E-state index in [4.69, 9.17) is 22.7 Å². The molecule has 0 nitrogen and oxygen atoms in total. The van der Waals surface area contributed by atoms with Crippen molar-refractivity contribution in [2.75, 3.05) is 0 Å². The predicted molar refractivity (Wildman–Crippen MR) is 41.4 cm³/mol. The molecule has 0 heterocycles. The van der Waals surface area contributed by atoms with E-state index in [0.717, 1.165) is 9.55 Å². The molecule has 0 spiro atoms. The molecule has 7 heavy (non-hydrogen) atoms. The van der Waals surface area contributed by atoms with Gasteiger partial charge in [-0.1, -0.05) is 0 Å². The molecular formula is C4H12Cl2Si. The van der Waals surface area contributed by atoms with Gasteiger partial charge in [0.2, 0.25) is 0 Å². The van der Waals surface area contributed by atoms with Crippen LogP contribution in [0.25, 0.3) is 0 Å². The van der Waals surface area contributed by atoms with Gasteiger partial charge in [0.15, 0.2) is 0 Å². The second-order valence-electron chi connectivity index (χ2n) is 2.07. The minimum Gasteiger partial charge on any atom is -0.181 e. The highest BCUT2D eigenvalue weighted by molar-refractivity contribution is 6.80. The standard InChI is InChI=1S/C4H9Cl.ClH3Si/c1-4(2,3)5;1-2/h1-3H3;2H3. The summed E-state index contributed by atoms with van der Waals surface area (Å²) in [7, 11) is 0.778. The van der Waals surface area contributed by atoms with Gasteiger partial charge in [0, 0.05) is 4.87 Å². The van der Waals surface area contributed by atoms with Gasteiger partial charge in [-0.2, -0.15) is 11.1 Å². The van der Waals surface area contributed by atoms with Crippen molar-refractivity contribution in [1.29, 1.82) is 0 Å². The zero-order chi connectivity index (χ0) is 6.50. The molecule has 0 saturated heterocycles. The summed E-state index contributed by atoms with van der Waals surface area (Å²) in [6.07, 6.45) is 0. The number of hydrogen-bond acceptors (Lipinski definition) is 0. The van der Waals surface area contributed by atoms with Crippen LogP contribution in [0.2, 0.25) is 0 Å². The molecule has 0 aliphatic carbocycles. The Morgan fingerprint density at radius 1 is 1.14 bits per heavy atom. The van der Waals surface area contributed by atoms with Crippen LogP contribution in [0, 0.1) is 0 Å². The topological polar surface area (TPSA) is 0 Å². The summed E-state index contributed by atoms with van der Waals surface area (Å²) in [6, 6.07) is 0. The summed E-state index contributed by atoms with van der Waals surface area (Å²) in [5, 5.41) is 0. The molecule has 0 rings (SSSR count). The van der Waals surface area contributed by atoms with Crippen molar-refractivity contribution < 1.29 is 0 Å². The fourth-order valence-corrected chi connectivity index (χ4v) is 0. The van der Waals surface area contributed by atoms with E-state index in [1.165, 1.54) is 0 Å². The molecular weight excluding hydrogens is 147 g/mol. The van der Waals surface area contributed by atoms with Crippen molar-refractivity contribution in [2.45, 2.75) is 25.6 Å². The number of alkyl halides is 1. The Kier molecular flexibility index (Phi) is 7.57. The quantitative estimate of drug-likeness (QED) is 0.285. The Balaban J connectivity index is 0. The largest absolute Gasteiger partial charge is 0.181 e. The lowest BCUT2D eigenvalue weighted by Crippen LogP contribution is -1.99. The van der Waals surface area contributed by atoms with Crippen LogP contribution in [0.3, 0.4) is 0 Å². The first-order valence-electron chi connectivity index (χ1n) is 2.07. The van der Waals surface area contributed by atoms with Crippen LogP contribution in [0.15, 0.2) is 0 Å². The first-order chi connectivity index (χ1) is 3.00.